The smallest absolute Gasteiger partial charge is 0.326 e. The van der Waals surface area contributed by atoms with E-state index in [1.807, 2.05) is 12.3 Å². The van der Waals surface area contributed by atoms with Crippen LogP contribution < -0.4 is 0 Å². The van der Waals surface area contributed by atoms with Gasteiger partial charge in [0, 0.05) is 11.4 Å². The maximum absolute atomic E-state index is 12.3. The zero-order valence-corrected chi connectivity index (χ0v) is 11.9. The van der Waals surface area contributed by atoms with Crippen molar-refractivity contribution in [3.05, 3.63) is 16.1 Å². The normalized spacial score (nSPS) is 16.1. The van der Waals surface area contributed by atoms with Gasteiger partial charge in [0.1, 0.15) is 11.0 Å². The van der Waals surface area contributed by atoms with Crippen molar-refractivity contribution in [2.45, 2.75) is 51.6 Å². The predicted molar refractivity (Wildman–Crippen MR) is 72.2 cm³/mol. The quantitative estimate of drug-likeness (QED) is 0.862. The molecule has 5 nitrogen and oxygen atoms in total. The van der Waals surface area contributed by atoms with Crippen LogP contribution in [0.5, 0.6) is 0 Å². The minimum Gasteiger partial charge on any atom is -0.480 e. The number of carbonyl (C=O) groups excluding carboxylic acids is 1. The van der Waals surface area contributed by atoms with Crippen molar-refractivity contribution in [3.63, 3.8) is 0 Å². The van der Waals surface area contributed by atoms with E-state index in [1.54, 1.807) is 6.92 Å². The summed E-state index contributed by atoms with van der Waals surface area (Å²) in [6, 6.07) is -0.658. The lowest BCUT2D eigenvalue weighted by Crippen LogP contribution is -2.45. The van der Waals surface area contributed by atoms with Gasteiger partial charge in [-0.05, 0) is 26.2 Å². The molecular formula is C13H18N2O3S. The number of carboxylic acids is 1. The largest absolute Gasteiger partial charge is 0.480 e. The number of hydrogen-bond donors (Lipinski definition) is 1. The van der Waals surface area contributed by atoms with Gasteiger partial charge < -0.3 is 10.0 Å². The molecule has 1 N–H and O–H groups in total. The van der Waals surface area contributed by atoms with Crippen LogP contribution in [0.25, 0.3) is 0 Å². The fourth-order valence-electron chi connectivity index (χ4n) is 2.02. The number of thiazole rings is 1. The molecule has 1 unspecified atom stereocenters. The van der Waals surface area contributed by atoms with E-state index in [9.17, 15) is 9.59 Å². The summed E-state index contributed by atoms with van der Waals surface area (Å²) in [5, 5.41) is 11.8. The molecule has 0 saturated heterocycles. The minimum atomic E-state index is -0.950. The molecule has 1 heterocycles. The van der Waals surface area contributed by atoms with Crippen molar-refractivity contribution in [3.8, 4) is 0 Å². The molecule has 1 aromatic heterocycles. The molecule has 0 aliphatic heterocycles. The van der Waals surface area contributed by atoms with Crippen LogP contribution >= 0.6 is 11.3 Å². The van der Waals surface area contributed by atoms with E-state index in [0.717, 1.165) is 30.0 Å². The third-order valence-electron chi connectivity index (χ3n) is 3.27. The second-order valence-electron chi connectivity index (χ2n) is 4.81. The summed E-state index contributed by atoms with van der Waals surface area (Å²) in [6.07, 6.45) is 2.87. The third-order valence-corrected chi connectivity index (χ3v) is 4.16. The second kappa shape index (κ2) is 5.69. The lowest BCUT2D eigenvalue weighted by Gasteiger charge is -2.26. The lowest BCUT2D eigenvalue weighted by atomic mass is 10.2. The van der Waals surface area contributed by atoms with Crippen molar-refractivity contribution >= 4 is 23.2 Å². The molecule has 1 aliphatic carbocycles. The molecule has 2 rings (SSSR count). The number of nitrogens with zero attached hydrogens (tertiary/aromatic N) is 2. The Hall–Kier alpha value is -1.43. The number of aromatic nitrogens is 1. The minimum absolute atomic E-state index is 0.101. The number of carboxylic acid groups (broad SMARTS) is 1. The van der Waals surface area contributed by atoms with Crippen LogP contribution in [0.2, 0.25) is 0 Å². The summed E-state index contributed by atoms with van der Waals surface area (Å²) in [4.78, 5) is 29.2. The molecule has 1 fully saturated rings. The van der Waals surface area contributed by atoms with E-state index >= 15 is 0 Å². The van der Waals surface area contributed by atoms with Crippen LogP contribution in [-0.2, 0) is 22.4 Å². The first kappa shape index (κ1) is 14.0. The van der Waals surface area contributed by atoms with Crippen molar-refractivity contribution < 1.29 is 14.7 Å². The van der Waals surface area contributed by atoms with Crippen molar-refractivity contribution in [1.82, 2.24) is 9.88 Å². The number of rotatable bonds is 6. The summed E-state index contributed by atoms with van der Waals surface area (Å²) < 4.78 is 0. The van der Waals surface area contributed by atoms with Gasteiger partial charge in [-0.25, -0.2) is 9.78 Å². The van der Waals surface area contributed by atoms with Gasteiger partial charge in [0.2, 0.25) is 5.91 Å². The van der Waals surface area contributed by atoms with Crippen LogP contribution in [0.1, 0.15) is 37.4 Å². The molecule has 0 aromatic carbocycles. The van der Waals surface area contributed by atoms with Crippen molar-refractivity contribution in [2.75, 3.05) is 0 Å². The topological polar surface area (TPSA) is 70.5 Å². The lowest BCUT2D eigenvalue weighted by molar-refractivity contribution is -0.149. The Labute approximate surface area is 116 Å². The monoisotopic (exact) mass is 282 g/mol. The standard InChI is InChI=1S/C13H18N2O3S/c1-3-9-7-19-11(14-9)6-12(16)15(10-4-5-10)8(2)13(17)18/h7-8,10H,3-6H2,1-2H3,(H,17,18). The fourth-order valence-corrected chi connectivity index (χ4v) is 2.89. The van der Waals surface area contributed by atoms with Gasteiger partial charge in [0.15, 0.2) is 0 Å². The molecule has 19 heavy (non-hydrogen) atoms. The van der Waals surface area contributed by atoms with Gasteiger partial charge in [-0.3, -0.25) is 4.79 Å². The molecule has 1 saturated carbocycles. The van der Waals surface area contributed by atoms with Gasteiger partial charge >= 0.3 is 5.97 Å². The molecule has 6 heteroatoms. The van der Waals surface area contributed by atoms with E-state index in [0.29, 0.717) is 0 Å². The molecule has 0 spiro atoms. The third kappa shape index (κ3) is 3.32. The maximum atomic E-state index is 12.3. The average molecular weight is 282 g/mol. The molecule has 1 atom stereocenters. The van der Waals surface area contributed by atoms with Gasteiger partial charge in [-0.2, -0.15) is 0 Å². The van der Waals surface area contributed by atoms with Crippen LogP contribution in [0.4, 0.5) is 0 Å². The van der Waals surface area contributed by atoms with E-state index in [-0.39, 0.29) is 18.4 Å². The van der Waals surface area contributed by atoms with Crippen molar-refractivity contribution in [2.24, 2.45) is 0 Å². The predicted octanol–water partition coefficient (Wildman–Crippen LogP) is 1.71. The average Bonchev–Trinajstić information content (AvgIpc) is 3.08. The summed E-state index contributed by atoms with van der Waals surface area (Å²) in [7, 11) is 0. The molecular weight excluding hydrogens is 264 g/mol. The maximum Gasteiger partial charge on any atom is 0.326 e. The summed E-state index contributed by atoms with van der Waals surface area (Å²) in [5.74, 6) is -1.08. The first-order valence-electron chi connectivity index (χ1n) is 6.50. The SMILES string of the molecule is CCc1csc(CC(=O)N(C2CC2)C(C)C(=O)O)n1. The number of hydrogen-bond acceptors (Lipinski definition) is 4. The Bertz CT molecular complexity index is 482. The second-order valence-corrected chi connectivity index (χ2v) is 5.75. The molecule has 1 amide bonds. The van der Waals surface area contributed by atoms with Gasteiger partial charge in [-0.15, -0.1) is 11.3 Å². The Morgan fingerprint density at radius 2 is 2.26 bits per heavy atom. The van der Waals surface area contributed by atoms with E-state index in [2.05, 4.69) is 4.98 Å². The number of carbonyl (C=O) groups is 2. The molecule has 104 valence electrons. The highest BCUT2D eigenvalue weighted by Gasteiger charge is 2.38. The highest BCUT2D eigenvalue weighted by Crippen LogP contribution is 2.29. The van der Waals surface area contributed by atoms with Crippen LogP contribution in [0.15, 0.2) is 5.38 Å². The van der Waals surface area contributed by atoms with Gasteiger partial charge in [0.05, 0.1) is 12.1 Å². The van der Waals surface area contributed by atoms with E-state index in [4.69, 9.17) is 5.11 Å². The highest BCUT2D eigenvalue weighted by molar-refractivity contribution is 7.09. The van der Waals surface area contributed by atoms with E-state index < -0.39 is 12.0 Å². The molecule has 1 aromatic rings. The first-order valence-corrected chi connectivity index (χ1v) is 7.38. The van der Waals surface area contributed by atoms with Crippen molar-refractivity contribution in [1.29, 1.82) is 0 Å². The Balaban J connectivity index is 2.05. The summed E-state index contributed by atoms with van der Waals surface area (Å²) in [6.45, 7) is 3.58. The first-order chi connectivity index (χ1) is 9.02. The zero-order valence-electron chi connectivity index (χ0n) is 11.1. The summed E-state index contributed by atoms with van der Waals surface area (Å²) >= 11 is 1.47. The Morgan fingerprint density at radius 1 is 1.58 bits per heavy atom. The Kier molecular flexibility index (Phi) is 4.19. The number of amides is 1. The summed E-state index contributed by atoms with van der Waals surface area (Å²) in [5.41, 5.74) is 0.983. The van der Waals surface area contributed by atoms with Crippen LogP contribution in [-0.4, -0.2) is 39.0 Å². The fraction of sp³-hybridized carbons (Fsp3) is 0.615. The number of aryl methyl sites for hydroxylation is 1. The highest BCUT2D eigenvalue weighted by atomic mass is 32.1. The molecule has 0 radical (unpaired) electrons. The van der Waals surface area contributed by atoms with Crippen LogP contribution in [0.3, 0.4) is 0 Å². The van der Waals surface area contributed by atoms with Gasteiger partial charge in [-0.1, -0.05) is 6.92 Å². The van der Waals surface area contributed by atoms with E-state index in [1.165, 1.54) is 16.2 Å². The number of aliphatic carboxylic acids is 1. The molecule has 0 bridgehead atoms. The zero-order chi connectivity index (χ0) is 14.0. The Morgan fingerprint density at radius 3 is 2.74 bits per heavy atom. The van der Waals surface area contributed by atoms with Gasteiger partial charge in [0.25, 0.3) is 0 Å². The molecule has 1 aliphatic rings. The van der Waals surface area contributed by atoms with Crippen LogP contribution in [0, 0.1) is 0 Å².